The highest BCUT2D eigenvalue weighted by Gasteiger charge is 2.27. The van der Waals surface area contributed by atoms with Crippen LogP contribution in [0.4, 0.5) is 4.39 Å². The zero-order valence-corrected chi connectivity index (χ0v) is 14.3. The van der Waals surface area contributed by atoms with Gasteiger partial charge in [-0.1, -0.05) is 18.2 Å². The van der Waals surface area contributed by atoms with Crippen molar-refractivity contribution in [1.82, 2.24) is 9.80 Å². The fourth-order valence-electron chi connectivity index (χ4n) is 3.04. The van der Waals surface area contributed by atoms with Gasteiger partial charge in [0, 0.05) is 36.6 Å². The molecule has 5 heteroatoms. The summed E-state index contributed by atoms with van der Waals surface area (Å²) in [6, 6.07) is 9.02. The molecule has 122 valence electrons. The van der Waals surface area contributed by atoms with E-state index in [0.29, 0.717) is 18.7 Å². The van der Waals surface area contributed by atoms with E-state index in [2.05, 4.69) is 23.3 Å². The van der Waals surface area contributed by atoms with Gasteiger partial charge in [-0.15, -0.1) is 11.3 Å². The molecule has 1 aliphatic rings. The Hall–Kier alpha value is -1.72. The first-order valence-corrected chi connectivity index (χ1v) is 8.72. The third-order valence-corrected chi connectivity index (χ3v) is 5.53. The van der Waals surface area contributed by atoms with Crippen molar-refractivity contribution in [2.45, 2.75) is 25.9 Å². The minimum atomic E-state index is -0.263. The van der Waals surface area contributed by atoms with Crippen molar-refractivity contribution in [2.75, 3.05) is 20.1 Å². The Bertz CT molecular complexity index is 700. The van der Waals surface area contributed by atoms with Gasteiger partial charge in [-0.25, -0.2) is 4.39 Å². The first-order valence-electron chi connectivity index (χ1n) is 7.84. The molecule has 1 aromatic carbocycles. The molecule has 2 heterocycles. The van der Waals surface area contributed by atoms with Crippen LogP contribution in [0.5, 0.6) is 0 Å². The summed E-state index contributed by atoms with van der Waals surface area (Å²) in [7, 11) is 1.74. The van der Waals surface area contributed by atoms with Crippen LogP contribution in [0.2, 0.25) is 0 Å². The van der Waals surface area contributed by atoms with E-state index in [1.54, 1.807) is 41.5 Å². The summed E-state index contributed by atoms with van der Waals surface area (Å²) in [5, 5.41) is 2.12. The van der Waals surface area contributed by atoms with E-state index >= 15 is 0 Å². The molecule has 3 rings (SSSR count). The average Bonchev–Trinajstić information content (AvgIpc) is 3.01. The van der Waals surface area contributed by atoms with Gasteiger partial charge in [0.25, 0.3) is 0 Å². The van der Waals surface area contributed by atoms with E-state index < -0.39 is 0 Å². The molecular formula is C18H21FN2OS. The molecule has 0 spiro atoms. The first-order chi connectivity index (χ1) is 11.1. The van der Waals surface area contributed by atoms with Gasteiger partial charge >= 0.3 is 0 Å². The SMILES string of the molecule is C[C@H]1c2ccsc2CCN1CC(=O)N(C)Cc1ccccc1F. The van der Waals surface area contributed by atoms with Gasteiger partial charge in [-0.3, -0.25) is 9.69 Å². The number of likely N-dealkylation sites (N-methyl/N-ethyl adjacent to an activating group) is 1. The van der Waals surface area contributed by atoms with E-state index in [1.807, 2.05) is 0 Å². The molecule has 3 nitrogen and oxygen atoms in total. The minimum absolute atomic E-state index is 0.0267. The summed E-state index contributed by atoms with van der Waals surface area (Å²) >= 11 is 1.80. The fraction of sp³-hybridized carbons (Fsp3) is 0.389. The second-order valence-electron chi connectivity index (χ2n) is 6.04. The highest BCUT2D eigenvalue weighted by atomic mass is 32.1. The van der Waals surface area contributed by atoms with Crippen molar-refractivity contribution in [2.24, 2.45) is 0 Å². The van der Waals surface area contributed by atoms with Crippen molar-refractivity contribution in [3.8, 4) is 0 Å². The number of nitrogens with zero attached hydrogens (tertiary/aromatic N) is 2. The van der Waals surface area contributed by atoms with Crippen LogP contribution in [0, 0.1) is 5.82 Å². The predicted molar refractivity (Wildman–Crippen MR) is 90.9 cm³/mol. The Balaban J connectivity index is 1.62. The number of carbonyl (C=O) groups is 1. The second kappa shape index (κ2) is 6.81. The first kappa shape index (κ1) is 16.1. The molecule has 0 saturated heterocycles. The number of halogens is 1. The summed E-state index contributed by atoms with van der Waals surface area (Å²) in [6.07, 6.45) is 1.00. The van der Waals surface area contributed by atoms with Gasteiger partial charge in [0.15, 0.2) is 0 Å². The Labute approximate surface area is 140 Å². The zero-order valence-electron chi connectivity index (χ0n) is 13.5. The monoisotopic (exact) mass is 332 g/mol. The van der Waals surface area contributed by atoms with Crippen molar-refractivity contribution in [3.63, 3.8) is 0 Å². The Morgan fingerprint density at radius 3 is 2.96 bits per heavy atom. The van der Waals surface area contributed by atoms with Gasteiger partial charge in [0.05, 0.1) is 6.54 Å². The normalized spacial score (nSPS) is 17.8. The molecule has 1 aliphatic heterocycles. The summed E-state index contributed by atoms with van der Waals surface area (Å²) in [6.45, 7) is 3.72. The Kier molecular flexibility index (Phi) is 4.78. The van der Waals surface area contributed by atoms with Crippen LogP contribution in [-0.2, 0) is 17.8 Å². The minimum Gasteiger partial charge on any atom is -0.340 e. The smallest absolute Gasteiger partial charge is 0.236 e. The van der Waals surface area contributed by atoms with Crippen LogP contribution in [0.25, 0.3) is 0 Å². The molecule has 0 saturated carbocycles. The molecule has 1 atom stereocenters. The van der Waals surface area contributed by atoms with Crippen LogP contribution in [0.15, 0.2) is 35.7 Å². The van der Waals surface area contributed by atoms with Crippen LogP contribution < -0.4 is 0 Å². The molecule has 0 fully saturated rings. The second-order valence-corrected chi connectivity index (χ2v) is 7.04. The van der Waals surface area contributed by atoms with Crippen molar-refractivity contribution < 1.29 is 9.18 Å². The van der Waals surface area contributed by atoms with E-state index in [4.69, 9.17) is 0 Å². The quantitative estimate of drug-likeness (QED) is 0.856. The molecule has 1 aromatic heterocycles. The van der Waals surface area contributed by atoms with Gasteiger partial charge in [-0.05, 0) is 36.4 Å². The maximum Gasteiger partial charge on any atom is 0.236 e. The van der Waals surface area contributed by atoms with E-state index in [-0.39, 0.29) is 17.8 Å². The lowest BCUT2D eigenvalue weighted by Gasteiger charge is -2.34. The maximum absolute atomic E-state index is 13.7. The van der Waals surface area contributed by atoms with E-state index in [9.17, 15) is 9.18 Å². The number of hydrogen-bond acceptors (Lipinski definition) is 3. The Morgan fingerprint density at radius 1 is 1.39 bits per heavy atom. The van der Waals surface area contributed by atoms with Gasteiger partial charge in [0.2, 0.25) is 5.91 Å². The number of amides is 1. The highest BCUT2D eigenvalue weighted by Crippen LogP contribution is 2.32. The number of hydrogen-bond donors (Lipinski definition) is 0. The van der Waals surface area contributed by atoms with Gasteiger partial charge in [-0.2, -0.15) is 0 Å². The Morgan fingerprint density at radius 2 is 2.17 bits per heavy atom. The van der Waals surface area contributed by atoms with Crippen LogP contribution >= 0.6 is 11.3 Å². The third-order valence-electron chi connectivity index (χ3n) is 4.53. The van der Waals surface area contributed by atoms with Crippen LogP contribution in [0.1, 0.15) is 29.0 Å². The maximum atomic E-state index is 13.7. The topological polar surface area (TPSA) is 23.6 Å². The fourth-order valence-corrected chi connectivity index (χ4v) is 4.00. The van der Waals surface area contributed by atoms with Gasteiger partial charge in [0.1, 0.15) is 5.82 Å². The molecule has 1 amide bonds. The number of benzene rings is 1. The summed E-state index contributed by atoms with van der Waals surface area (Å²) in [5.74, 6) is -0.236. The van der Waals surface area contributed by atoms with E-state index in [0.717, 1.165) is 13.0 Å². The largest absolute Gasteiger partial charge is 0.340 e. The van der Waals surface area contributed by atoms with Crippen molar-refractivity contribution in [1.29, 1.82) is 0 Å². The van der Waals surface area contributed by atoms with Crippen molar-refractivity contribution in [3.05, 3.63) is 57.5 Å². The summed E-state index contributed by atoms with van der Waals surface area (Å²) < 4.78 is 13.7. The summed E-state index contributed by atoms with van der Waals surface area (Å²) in [5.41, 5.74) is 1.89. The number of carbonyl (C=O) groups excluding carboxylic acids is 1. The van der Waals surface area contributed by atoms with Crippen LogP contribution in [-0.4, -0.2) is 35.8 Å². The molecule has 0 N–H and O–H groups in total. The highest BCUT2D eigenvalue weighted by molar-refractivity contribution is 7.10. The van der Waals surface area contributed by atoms with Crippen LogP contribution in [0.3, 0.4) is 0 Å². The summed E-state index contributed by atoms with van der Waals surface area (Å²) in [4.78, 5) is 17.7. The molecule has 2 aromatic rings. The lowest BCUT2D eigenvalue weighted by Crippen LogP contribution is -2.42. The molecule has 0 unspecified atom stereocenters. The number of rotatable bonds is 4. The third kappa shape index (κ3) is 3.46. The lowest BCUT2D eigenvalue weighted by molar-refractivity contribution is -0.132. The lowest BCUT2D eigenvalue weighted by atomic mass is 10.0. The molecule has 0 aliphatic carbocycles. The molecule has 0 radical (unpaired) electrons. The molecule has 0 bridgehead atoms. The van der Waals surface area contributed by atoms with E-state index in [1.165, 1.54) is 16.5 Å². The number of fused-ring (bicyclic) bond motifs is 1. The molecule has 23 heavy (non-hydrogen) atoms. The molecular weight excluding hydrogens is 311 g/mol. The predicted octanol–water partition coefficient (Wildman–Crippen LogP) is 3.46. The van der Waals surface area contributed by atoms with Crippen molar-refractivity contribution >= 4 is 17.2 Å². The standard InChI is InChI=1S/C18H21FN2OS/c1-13-15-8-10-23-17(15)7-9-21(13)12-18(22)20(2)11-14-5-3-4-6-16(14)19/h3-6,8,10,13H,7,9,11-12H2,1-2H3/t13-/m0/s1. The number of thiophene rings is 1. The van der Waals surface area contributed by atoms with Gasteiger partial charge < -0.3 is 4.90 Å². The average molecular weight is 332 g/mol. The zero-order chi connectivity index (χ0) is 16.4.